The van der Waals surface area contributed by atoms with Gasteiger partial charge in [-0.05, 0) is 32.3 Å². The fourth-order valence-corrected chi connectivity index (χ4v) is 1.99. The van der Waals surface area contributed by atoms with Crippen molar-refractivity contribution in [1.82, 2.24) is 14.9 Å². The van der Waals surface area contributed by atoms with E-state index in [1.807, 2.05) is 39.3 Å². The molecule has 0 spiro atoms. The first-order chi connectivity index (χ1) is 9.45. The van der Waals surface area contributed by atoms with Crippen LogP contribution in [0.15, 0.2) is 18.2 Å². The number of anilines is 1. The zero-order valence-corrected chi connectivity index (χ0v) is 12.1. The predicted octanol–water partition coefficient (Wildman–Crippen LogP) is 1.19. The smallest absolute Gasteiger partial charge is 0.311 e. The number of nitrogens with zero attached hydrogens (tertiary/aromatic N) is 3. The number of aromatic nitrogens is 2. The number of rotatable bonds is 6. The highest BCUT2D eigenvalue weighted by atomic mass is 16.4. The minimum atomic E-state index is -0.882. The normalized spacial score (nSPS) is 11.2. The molecular formula is C14H20N4O2. The van der Waals surface area contributed by atoms with E-state index in [0.29, 0.717) is 5.82 Å². The Labute approximate surface area is 118 Å². The van der Waals surface area contributed by atoms with Crippen molar-refractivity contribution in [2.75, 3.05) is 39.1 Å². The molecule has 0 saturated carbocycles. The largest absolute Gasteiger partial charge is 0.481 e. The van der Waals surface area contributed by atoms with E-state index in [9.17, 15) is 4.79 Å². The fraction of sp³-hybridized carbons (Fsp3) is 0.429. The van der Waals surface area contributed by atoms with Gasteiger partial charge in [0, 0.05) is 25.8 Å². The summed E-state index contributed by atoms with van der Waals surface area (Å²) in [5.41, 5.74) is 2.76. The number of aliphatic carboxylic acids is 1. The van der Waals surface area contributed by atoms with E-state index in [0.717, 1.165) is 29.8 Å². The summed E-state index contributed by atoms with van der Waals surface area (Å²) in [5.74, 6) is -0.395. The van der Waals surface area contributed by atoms with Gasteiger partial charge < -0.3 is 19.9 Å². The highest BCUT2D eigenvalue weighted by Gasteiger charge is 2.08. The molecule has 1 aromatic heterocycles. The number of benzene rings is 1. The summed E-state index contributed by atoms with van der Waals surface area (Å²) >= 11 is 0. The van der Waals surface area contributed by atoms with Crippen molar-refractivity contribution in [3.05, 3.63) is 24.0 Å². The van der Waals surface area contributed by atoms with E-state index in [2.05, 4.69) is 19.8 Å². The first-order valence-electron chi connectivity index (χ1n) is 6.52. The molecule has 0 aliphatic rings. The van der Waals surface area contributed by atoms with Crippen LogP contribution in [0.5, 0.6) is 0 Å². The number of carboxylic acid groups (broad SMARTS) is 1. The number of fused-ring (bicyclic) bond motifs is 1. The monoisotopic (exact) mass is 276 g/mol. The van der Waals surface area contributed by atoms with Crippen LogP contribution in [0, 0.1) is 0 Å². The first kappa shape index (κ1) is 14.3. The van der Waals surface area contributed by atoms with Crippen molar-refractivity contribution in [3.8, 4) is 0 Å². The molecule has 0 radical (unpaired) electrons. The number of aromatic amines is 1. The molecule has 2 N–H and O–H groups in total. The number of imidazole rings is 1. The van der Waals surface area contributed by atoms with Gasteiger partial charge in [0.05, 0.1) is 11.0 Å². The van der Waals surface area contributed by atoms with Crippen LogP contribution in [0.2, 0.25) is 0 Å². The van der Waals surface area contributed by atoms with Crippen LogP contribution < -0.4 is 4.90 Å². The third-order valence-corrected chi connectivity index (χ3v) is 3.16. The summed E-state index contributed by atoms with van der Waals surface area (Å²) in [4.78, 5) is 22.3. The predicted molar refractivity (Wildman–Crippen MR) is 79.3 cm³/mol. The van der Waals surface area contributed by atoms with E-state index in [1.165, 1.54) is 0 Å². The Kier molecular flexibility index (Phi) is 4.24. The molecule has 0 amide bonds. The molecule has 1 heterocycles. The SMILES string of the molecule is CN(C)CCN(C)c1ccc2nc(CC(=O)O)[nH]c2c1. The van der Waals surface area contributed by atoms with Crippen LogP contribution in [0.3, 0.4) is 0 Å². The average molecular weight is 276 g/mol. The average Bonchev–Trinajstić information content (AvgIpc) is 2.75. The van der Waals surface area contributed by atoms with E-state index in [1.54, 1.807) is 0 Å². The lowest BCUT2D eigenvalue weighted by Gasteiger charge is -2.21. The van der Waals surface area contributed by atoms with Crippen molar-refractivity contribution in [2.45, 2.75) is 6.42 Å². The molecule has 2 aromatic rings. The zero-order chi connectivity index (χ0) is 14.7. The topological polar surface area (TPSA) is 72.5 Å². The Balaban J connectivity index is 2.17. The highest BCUT2D eigenvalue weighted by molar-refractivity contribution is 5.80. The Bertz CT molecular complexity index is 606. The van der Waals surface area contributed by atoms with Crippen molar-refractivity contribution < 1.29 is 9.90 Å². The van der Waals surface area contributed by atoms with Gasteiger partial charge in [-0.15, -0.1) is 0 Å². The molecule has 0 fully saturated rings. The molecule has 6 heteroatoms. The van der Waals surface area contributed by atoms with Gasteiger partial charge in [-0.2, -0.15) is 0 Å². The first-order valence-corrected chi connectivity index (χ1v) is 6.52. The number of H-pyrrole nitrogens is 1. The van der Waals surface area contributed by atoms with Gasteiger partial charge in [0.2, 0.25) is 0 Å². The lowest BCUT2D eigenvalue weighted by Crippen LogP contribution is -2.28. The third kappa shape index (κ3) is 3.48. The van der Waals surface area contributed by atoms with Crippen LogP contribution in [-0.2, 0) is 11.2 Å². The molecule has 0 aliphatic carbocycles. The Morgan fingerprint density at radius 2 is 2.05 bits per heavy atom. The number of hydrogen-bond donors (Lipinski definition) is 2. The third-order valence-electron chi connectivity index (χ3n) is 3.16. The van der Waals surface area contributed by atoms with Crippen molar-refractivity contribution >= 4 is 22.7 Å². The minimum absolute atomic E-state index is 0.0829. The molecule has 6 nitrogen and oxygen atoms in total. The van der Waals surface area contributed by atoms with Crippen molar-refractivity contribution in [3.63, 3.8) is 0 Å². The van der Waals surface area contributed by atoms with E-state index >= 15 is 0 Å². The molecule has 0 atom stereocenters. The summed E-state index contributed by atoms with van der Waals surface area (Å²) < 4.78 is 0. The summed E-state index contributed by atoms with van der Waals surface area (Å²) in [6.07, 6.45) is -0.0829. The van der Waals surface area contributed by atoms with Gasteiger partial charge in [-0.1, -0.05) is 0 Å². The van der Waals surface area contributed by atoms with Crippen molar-refractivity contribution in [2.24, 2.45) is 0 Å². The van der Waals surface area contributed by atoms with Gasteiger partial charge in [0.1, 0.15) is 12.2 Å². The molecular weight excluding hydrogens is 256 g/mol. The number of carbonyl (C=O) groups is 1. The van der Waals surface area contributed by atoms with E-state index < -0.39 is 5.97 Å². The van der Waals surface area contributed by atoms with Gasteiger partial charge in [0.15, 0.2) is 0 Å². The second-order valence-electron chi connectivity index (χ2n) is 5.18. The lowest BCUT2D eigenvalue weighted by molar-refractivity contribution is -0.136. The van der Waals surface area contributed by atoms with Gasteiger partial charge in [-0.3, -0.25) is 4.79 Å². The molecule has 1 aromatic carbocycles. The second kappa shape index (κ2) is 5.92. The number of carboxylic acids is 1. The van der Waals surface area contributed by atoms with Gasteiger partial charge in [-0.25, -0.2) is 4.98 Å². The van der Waals surface area contributed by atoms with E-state index in [-0.39, 0.29) is 6.42 Å². The van der Waals surface area contributed by atoms with Crippen LogP contribution in [0.1, 0.15) is 5.82 Å². The maximum atomic E-state index is 10.7. The zero-order valence-electron chi connectivity index (χ0n) is 12.1. The summed E-state index contributed by atoms with van der Waals surface area (Å²) in [5, 5.41) is 8.78. The fourth-order valence-electron chi connectivity index (χ4n) is 1.99. The minimum Gasteiger partial charge on any atom is -0.481 e. The molecule has 0 aliphatic heterocycles. The Morgan fingerprint density at radius 3 is 2.70 bits per heavy atom. The number of hydrogen-bond acceptors (Lipinski definition) is 4. The van der Waals surface area contributed by atoms with Crippen LogP contribution in [0.25, 0.3) is 11.0 Å². The van der Waals surface area contributed by atoms with Gasteiger partial charge >= 0.3 is 5.97 Å². The lowest BCUT2D eigenvalue weighted by atomic mass is 10.2. The molecule has 0 saturated heterocycles. The number of likely N-dealkylation sites (N-methyl/N-ethyl adjacent to an activating group) is 2. The standard InChI is InChI=1S/C14H20N4O2/c1-17(2)6-7-18(3)10-4-5-11-12(8-10)16-13(15-11)9-14(19)20/h4-5,8H,6-7,9H2,1-3H3,(H,15,16)(H,19,20). The Morgan fingerprint density at radius 1 is 1.30 bits per heavy atom. The van der Waals surface area contributed by atoms with Crippen LogP contribution in [0.4, 0.5) is 5.69 Å². The van der Waals surface area contributed by atoms with Crippen LogP contribution >= 0.6 is 0 Å². The highest BCUT2D eigenvalue weighted by Crippen LogP contribution is 2.20. The molecule has 2 rings (SSSR count). The molecule has 108 valence electrons. The second-order valence-corrected chi connectivity index (χ2v) is 5.18. The molecule has 0 bridgehead atoms. The maximum absolute atomic E-state index is 10.7. The maximum Gasteiger partial charge on any atom is 0.311 e. The Hall–Kier alpha value is -2.08. The molecule has 0 unspecified atom stereocenters. The summed E-state index contributed by atoms with van der Waals surface area (Å²) in [6, 6.07) is 5.92. The summed E-state index contributed by atoms with van der Waals surface area (Å²) in [7, 11) is 6.13. The molecule has 20 heavy (non-hydrogen) atoms. The number of nitrogens with one attached hydrogen (secondary N) is 1. The summed E-state index contributed by atoms with van der Waals surface area (Å²) in [6.45, 7) is 1.90. The van der Waals surface area contributed by atoms with Crippen LogP contribution in [-0.4, -0.2) is 60.2 Å². The van der Waals surface area contributed by atoms with Crippen molar-refractivity contribution in [1.29, 1.82) is 0 Å². The van der Waals surface area contributed by atoms with Gasteiger partial charge in [0.25, 0.3) is 0 Å². The van der Waals surface area contributed by atoms with E-state index in [4.69, 9.17) is 5.11 Å². The quantitative estimate of drug-likeness (QED) is 0.829.